The molecule has 0 saturated carbocycles. The molecule has 0 amide bonds. The molecule has 0 aliphatic carbocycles. The van der Waals surface area contributed by atoms with Crippen molar-refractivity contribution in [2.75, 3.05) is 0 Å². The Hall–Kier alpha value is -0.530. The zero-order valence-corrected chi connectivity index (χ0v) is 9.46. The molecule has 0 saturated heterocycles. The zero-order chi connectivity index (χ0) is 10.4. The molecule has 0 N–H and O–H groups in total. The van der Waals surface area contributed by atoms with Crippen molar-refractivity contribution < 1.29 is 9.53 Å². The Morgan fingerprint density at radius 1 is 1.23 bits per heavy atom. The monoisotopic (exact) mass is 186 g/mol. The van der Waals surface area contributed by atoms with E-state index >= 15 is 0 Å². The molecule has 0 aromatic heterocycles. The molecule has 2 unspecified atom stereocenters. The maximum absolute atomic E-state index is 11.3. The number of carbonyl (C=O) groups is 1. The van der Waals surface area contributed by atoms with Gasteiger partial charge in [-0.15, -0.1) is 0 Å². The van der Waals surface area contributed by atoms with Crippen molar-refractivity contribution in [3.05, 3.63) is 0 Å². The summed E-state index contributed by atoms with van der Waals surface area (Å²) in [6.45, 7) is 10.3. The second-order valence-electron chi connectivity index (χ2n) is 4.13. The molecule has 2 heteroatoms. The molecule has 0 bridgehead atoms. The second-order valence-corrected chi connectivity index (χ2v) is 4.13. The maximum Gasteiger partial charge on any atom is 0.306 e. The molecular formula is C11H22O2. The van der Waals surface area contributed by atoms with Gasteiger partial charge in [0.15, 0.2) is 0 Å². The second kappa shape index (κ2) is 6.01. The number of carbonyl (C=O) groups excluding carboxylic acids is 1. The van der Waals surface area contributed by atoms with Crippen molar-refractivity contribution in [2.45, 2.75) is 53.6 Å². The average molecular weight is 186 g/mol. The first-order valence-electron chi connectivity index (χ1n) is 5.16. The Labute approximate surface area is 81.7 Å². The van der Waals surface area contributed by atoms with Gasteiger partial charge in [-0.25, -0.2) is 0 Å². The van der Waals surface area contributed by atoms with Crippen LogP contribution in [0.15, 0.2) is 0 Å². The molecule has 13 heavy (non-hydrogen) atoms. The summed E-state index contributed by atoms with van der Waals surface area (Å²) >= 11 is 0. The Morgan fingerprint density at radius 2 is 1.77 bits per heavy atom. The van der Waals surface area contributed by atoms with Crippen LogP contribution < -0.4 is 0 Å². The lowest BCUT2D eigenvalue weighted by molar-refractivity contribution is -0.149. The number of ether oxygens (including phenoxy) is 1. The van der Waals surface area contributed by atoms with E-state index in [4.69, 9.17) is 4.74 Å². The van der Waals surface area contributed by atoms with Gasteiger partial charge in [-0.1, -0.05) is 27.7 Å². The van der Waals surface area contributed by atoms with E-state index in [0.29, 0.717) is 18.3 Å². The van der Waals surface area contributed by atoms with Crippen LogP contribution in [-0.2, 0) is 9.53 Å². The molecule has 0 radical (unpaired) electrons. The predicted octanol–water partition coefficient (Wildman–Crippen LogP) is 3.01. The van der Waals surface area contributed by atoms with Crippen LogP contribution in [0.5, 0.6) is 0 Å². The third kappa shape index (κ3) is 5.67. The van der Waals surface area contributed by atoms with Gasteiger partial charge in [0, 0.05) is 6.42 Å². The summed E-state index contributed by atoms with van der Waals surface area (Å²) in [4.78, 5) is 11.3. The fourth-order valence-corrected chi connectivity index (χ4v) is 0.854. The summed E-state index contributed by atoms with van der Waals surface area (Å²) in [5.74, 6) is 0.900. The number of rotatable bonds is 5. The molecule has 2 atom stereocenters. The van der Waals surface area contributed by atoms with Crippen molar-refractivity contribution in [1.82, 2.24) is 0 Å². The summed E-state index contributed by atoms with van der Waals surface area (Å²) in [7, 11) is 0. The Morgan fingerprint density at radius 3 is 2.15 bits per heavy atom. The average Bonchev–Trinajstić information content (AvgIpc) is 2.03. The summed E-state index contributed by atoms with van der Waals surface area (Å²) < 4.78 is 5.18. The Bertz CT molecular complexity index is 152. The molecule has 0 heterocycles. The molecule has 0 rings (SSSR count). The van der Waals surface area contributed by atoms with Crippen molar-refractivity contribution in [2.24, 2.45) is 11.8 Å². The summed E-state index contributed by atoms with van der Waals surface area (Å²) in [5, 5.41) is 0. The van der Waals surface area contributed by atoms with Gasteiger partial charge in [-0.3, -0.25) is 4.79 Å². The van der Waals surface area contributed by atoms with Crippen LogP contribution in [0.4, 0.5) is 0 Å². The molecule has 0 fully saturated rings. The topological polar surface area (TPSA) is 26.3 Å². The van der Waals surface area contributed by atoms with E-state index in [1.54, 1.807) is 0 Å². The van der Waals surface area contributed by atoms with Crippen LogP contribution in [0.2, 0.25) is 0 Å². The van der Waals surface area contributed by atoms with Gasteiger partial charge >= 0.3 is 5.97 Å². The van der Waals surface area contributed by atoms with Gasteiger partial charge in [0.1, 0.15) is 0 Å². The third-order valence-electron chi connectivity index (χ3n) is 2.53. The van der Waals surface area contributed by atoms with Gasteiger partial charge in [-0.05, 0) is 25.2 Å². The quantitative estimate of drug-likeness (QED) is 0.617. The smallest absolute Gasteiger partial charge is 0.306 e. The summed E-state index contributed by atoms with van der Waals surface area (Å²) in [6, 6.07) is 0. The van der Waals surface area contributed by atoms with E-state index in [0.717, 1.165) is 6.42 Å². The molecule has 0 spiro atoms. The van der Waals surface area contributed by atoms with Crippen LogP contribution >= 0.6 is 0 Å². The zero-order valence-electron chi connectivity index (χ0n) is 9.46. The largest absolute Gasteiger partial charge is 0.463 e. The predicted molar refractivity (Wildman–Crippen MR) is 54.5 cm³/mol. The molecule has 2 nitrogen and oxygen atoms in total. The van der Waals surface area contributed by atoms with Crippen LogP contribution in [-0.4, -0.2) is 12.1 Å². The van der Waals surface area contributed by atoms with E-state index in [-0.39, 0.29) is 12.1 Å². The van der Waals surface area contributed by atoms with Crippen LogP contribution in [0.25, 0.3) is 0 Å². The van der Waals surface area contributed by atoms with E-state index in [9.17, 15) is 4.79 Å². The van der Waals surface area contributed by atoms with E-state index in [1.807, 2.05) is 13.8 Å². The molecule has 0 aliphatic rings. The number of hydrogen-bond donors (Lipinski definition) is 0. The van der Waals surface area contributed by atoms with Crippen molar-refractivity contribution in [1.29, 1.82) is 0 Å². The minimum absolute atomic E-state index is 0.0597. The highest BCUT2D eigenvalue weighted by Gasteiger charge is 2.14. The maximum atomic E-state index is 11.3. The fourth-order valence-electron chi connectivity index (χ4n) is 0.854. The van der Waals surface area contributed by atoms with Crippen LogP contribution in [0.1, 0.15) is 47.5 Å². The molecule has 0 aliphatic heterocycles. The van der Waals surface area contributed by atoms with Crippen LogP contribution in [0.3, 0.4) is 0 Å². The van der Waals surface area contributed by atoms with Gasteiger partial charge in [-0.2, -0.15) is 0 Å². The molecule has 78 valence electrons. The van der Waals surface area contributed by atoms with Crippen molar-refractivity contribution >= 4 is 5.97 Å². The SMILES string of the molecule is CCC(C)OC(=O)CC(C)C(C)C. The lowest BCUT2D eigenvalue weighted by Gasteiger charge is -2.16. The molecular weight excluding hydrogens is 164 g/mol. The van der Waals surface area contributed by atoms with Crippen molar-refractivity contribution in [3.63, 3.8) is 0 Å². The van der Waals surface area contributed by atoms with Crippen LogP contribution in [0, 0.1) is 11.8 Å². The van der Waals surface area contributed by atoms with E-state index in [2.05, 4.69) is 20.8 Å². The first-order chi connectivity index (χ1) is 5.97. The van der Waals surface area contributed by atoms with Gasteiger partial charge in [0.2, 0.25) is 0 Å². The first kappa shape index (κ1) is 12.5. The van der Waals surface area contributed by atoms with Gasteiger partial charge in [0.05, 0.1) is 6.10 Å². The minimum Gasteiger partial charge on any atom is -0.463 e. The van der Waals surface area contributed by atoms with E-state index < -0.39 is 0 Å². The van der Waals surface area contributed by atoms with Crippen molar-refractivity contribution in [3.8, 4) is 0 Å². The Kier molecular flexibility index (Phi) is 5.76. The lowest BCUT2D eigenvalue weighted by atomic mass is 9.95. The normalized spacial score (nSPS) is 15.5. The summed E-state index contributed by atoms with van der Waals surface area (Å²) in [6.07, 6.45) is 1.50. The van der Waals surface area contributed by atoms with Gasteiger partial charge in [0.25, 0.3) is 0 Å². The highest BCUT2D eigenvalue weighted by Crippen LogP contribution is 2.15. The standard InChI is InChI=1S/C11H22O2/c1-6-10(5)13-11(12)7-9(4)8(2)3/h8-10H,6-7H2,1-5H3. The Balaban J connectivity index is 3.74. The first-order valence-corrected chi connectivity index (χ1v) is 5.16. The highest BCUT2D eigenvalue weighted by molar-refractivity contribution is 5.69. The highest BCUT2D eigenvalue weighted by atomic mass is 16.5. The minimum atomic E-state index is -0.0597. The lowest BCUT2D eigenvalue weighted by Crippen LogP contribution is -2.18. The van der Waals surface area contributed by atoms with Gasteiger partial charge < -0.3 is 4.74 Å². The molecule has 0 aromatic carbocycles. The van der Waals surface area contributed by atoms with E-state index in [1.165, 1.54) is 0 Å². The molecule has 0 aromatic rings. The number of hydrogen-bond acceptors (Lipinski definition) is 2. The number of esters is 1. The summed E-state index contributed by atoms with van der Waals surface area (Å²) in [5.41, 5.74) is 0. The third-order valence-corrected chi connectivity index (χ3v) is 2.53. The fraction of sp³-hybridized carbons (Fsp3) is 0.909.